The Balaban J connectivity index is 1.57. The van der Waals surface area contributed by atoms with Crippen LogP contribution < -0.4 is 5.32 Å². The van der Waals surface area contributed by atoms with Crippen molar-refractivity contribution in [3.63, 3.8) is 0 Å². The summed E-state index contributed by atoms with van der Waals surface area (Å²) < 4.78 is 15.7. The molecule has 1 heterocycles. The molecular weight excluding hydrogens is 441 g/mol. The number of aryl methyl sites for hydroxylation is 2. The zero-order valence-corrected chi connectivity index (χ0v) is 18.9. The van der Waals surface area contributed by atoms with E-state index in [2.05, 4.69) is 10.4 Å². The summed E-state index contributed by atoms with van der Waals surface area (Å²) in [6.07, 6.45) is 0. The minimum Gasteiger partial charge on any atom is -0.305 e. The smallest absolute Gasteiger partial charge is 0.257 e. The number of benzene rings is 3. The Hall–Kier alpha value is -3.77. The van der Waals surface area contributed by atoms with Gasteiger partial charge in [0.05, 0.1) is 12.1 Å². The SMILES string of the molecule is Cc1ccc(C(=O)c2ccccc2C(=O)Nc2cc(C)n(Cc3c(F)cccc3Cl)n2)cc1. The zero-order chi connectivity index (χ0) is 23.5. The topological polar surface area (TPSA) is 64.0 Å². The highest BCUT2D eigenvalue weighted by Gasteiger charge is 2.19. The minimum absolute atomic E-state index is 0.121. The fraction of sp³-hybridized carbons (Fsp3) is 0.115. The van der Waals surface area contributed by atoms with Gasteiger partial charge in [-0.2, -0.15) is 5.10 Å². The summed E-state index contributed by atoms with van der Waals surface area (Å²) in [5, 5.41) is 7.41. The Morgan fingerprint density at radius 1 is 0.970 bits per heavy atom. The number of rotatable bonds is 6. The summed E-state index contributed by atoms with van der Waals surface area (Å²) in [5.74, 6) is -0.828. The van der Waals surface area contributed by atoms with Gasteiger partial charge in [0.15, 0.2) is 11.6 Å². The molecule has 1 amide bonds. The van der Waals surface area contributed by atoms with Gasteiger partial charge in [0.1, 0.15) is 5.82 Å². The Morgan fingerprint density at radius 2 is 1.67 bits per heavy atom. The molecule has 33 heavy (non-hydrogen) atoms. The summed E-state index contributed by atoms with van der Waals surface area (Å²) >= 11 is 6.13. The predicted octanol–water partition coefficient (Wildman–Crippen LogP) is 5.82. The molecule has 0 saturated heterocycles. The number of carbonyl (C=O) groups is 2. The van der Waals surface area contributed by atoms with E-state index in [0.717, 1.165) is 5.56 Å². The van der Waals surface area contributed by atoms with E-state index in [1.165, 1.54) is 12.1 Å². The minimum atomic E-state index is -0.459. The van der Waals surface area contributed by atoms with Crippen molar-refractivity contribution in [1.82, 2.24) is 9.78 Å². The molecule has 5 nitrogen and oxygen atoms in total. The van der Waals surface area contributed by atoms with E-state index in [-0.39, 0.29) is 17.9 Å². The first-order valence-electron chi connectivity index (χ1n) is 10.3. The molecule has 166 valence electrons. The van der Waals surface area contributed by atoms with Crippen molar-refractivity contribution < 1.29 is 14.0 Å². The van der Waals surface area contributed by atoms with Gasteiger partial charge in [-0.1, -0.05) is 65.7 Å². The third kappa shape index (κ3) is 4.86. The quantitative estimate of drug-likeness (QED) is 0.368. The molecule has 1 N–H and O–H groups in total. The van der Waals surface area contributed by atoms with Crippen molar-refractivity contribution in [2.75, 3.05) is 5.32 Å². The number of carbonyl (C=O) groups excluding carboxylic acids is 2. The van der Waals surface area contributed by atoms with E-state index in [4.69, 9.17) is 11.6 Å². The number of hydrogen-bond donors (Lipinski definition) is 1. The number of halogens is 2. The van der Waals surface area contributed by atoms with Crippen molar-refractivity contribution >= 4 is 29.1 Å². The second-order valence-corrected chi connectivity index (χ2v) is 8.13. The van der Waals surface area contributed by atoms with Crippen LogP contribution in [0, 0.1) is 19.7 Å². The van der Waals surface area contributed by atoms with Crippen LogP contribution in [0.3, 0.4) is 0 Å². The molecule has 0 aliphatic heterocycles. The van der Waals surface area contributed by atoms with Gasteiger partial charge >= 0.3 is 0 Å². The second kappa shape index (κ2) is 9.38. The lowest BCUT2D eigenvalue weighted by molar-refractivity contribution is 0.0996. The molecular formula is C26H21ClFN3O2. The summed E-state index contributed by atoms with van der Waals surface area (Å²) in [4.78, 5) is 26.0. The van der Waals surface area contributed by atoms with Crippen molar-refractivity contribution in [3.8, 4) is 0 Å². The first-order chi connectivity index (χ1) is 15.8. The van der Waals surface area contributed by atoms with Gasteiger partial charge in [-0.3, -0.25) is 14.3 Å². The van der Waals surface area contributed by atoms with Gasteiger partial charge in [0.2, 0.25) is 0 Å². The summed E-state index contributed by atoms with van der Waals surface area (Å²) in [6.45, 7) is 3.86. The molecule has 4 aromatic rings. The number of anilines is 1. The van der Waals surface area contributed by atoms with Crippen LogP contribution in [-0.4, -0.2) is 21.5 Å². The summed E-state index contributed by atoms with van der Waals surface area (Å²) in [6, 6.07) is 20.0. The summed E-state index contributed by atoms with van der Waals surface area (Å²) in [5.41, 5.74) is 3.12. The molecule has 4 rings (SSSR count). The monoisotopic (exact) mass is 461 g/mol. The van der Waals surface area contributed by atoms with Crippen molar-refractivity contribution in [3.05, 3.63) is 117 Å². The number of amides is 1. The average molecular weight is 462 g/mol. The highest BCUT2D eigenvalue weighted by Crippen LogP contribution is 2.22. The number of aromatic nitrogens is 2. The van der Waals surface area contributed by atoms with Crippen LogP contribution in [-0.2, 0) is 6.54 Å². The molecule has 0 aliphatic carbocycles. The fourth-order valence-corrected chi connectivity index (χ4v) is 3.71. The molecule has 1 aromatic heterocycles. The number of nitrogens with zero attached hydrogens (tertiary/aromatic N) is 2. The first-order valence-corrected chi connectivity index (χ1v) is 10.7. The molecule has 0 aliphatic rings. The molecule has 0 bridgehead atoms. The standard InChI is InChI=1S/C26H21ClFN3O2/c1-16-10-12-18(13-11-16)25(32)19-6-3-4-7-20(19)26(33)29-24-14-17(2)31(30-24)15-21-22(27)8-5-9-23(21)28/h3-14H,15H2,1-2H3,(H,29,30,33). The van der Waals surface area contributed by atoms with E-state index < -0.39 is 11.7 Å². The number of ketones is 1. The van der Waals surface area contributed by atoms with Crippen LogP contribution in [0.4, 0.5) is 10.2 Å². The van der Waals surface area contributed by atoms with E-state index >= 15 is 0 Å². The van der Waals surface area contributed by atoms with E-state index in [1.54, 1.807) is 60.1 Å². The van der Waals surface area contributed by atoms with Crippen molar-refractivity contribution in [1.29, 1.82) is 0 Å². The van der Waals surface area contributed by atoms with Gasteiger partial charge in [-0.15, -0.1) is 0 Å². The molecule has 3 aromatic carbocycles. The Bertz CT molecular complexity index is 1330. The maximum Gasteiger partial charge on any atom is 0.257 e. The normalized spacial score (nSPS) is 10.8. The summed E-state index contributed by atoms with van der Waals surface area (Å²) in [7, 11) is 0. The second-order valence-electron chi connectivity index (χ2n) is 7.72. The van der Waals surface area contributed by atoms with Gasteiger partial charge in [-0.25, -0.2) is 4.39 Å². The van der Waals surface area contributed by atoms with Crippen LogP contribution in [0.25, 0.3) is 0 Å². The highest BCUT2D eigenvalue weighted by atomic mass is 35.5. The van der Waals surface area contributed by atoms with Crippen LogP contribution in [0.15, 0.2) is 72.8 Å². The van der Waals surface area contributed by atoms with E-state index in [0.29, 0.717) is 33.2 Å². The highest BCUT2D eigenvalue weighted by molar-refractivity contribution is 6.31. The van der Waals surface area contributed by atoms with Crippen LogP contribution in [0.5, 0.6) is 0 Å². The maximum atomic E-state index is 14.2. The lowest BCUT2D eigenvalue weighted by atomic mass is 9.97. The van der Waals surface area contributed by atoms with Gasteiger partial charge in [0, 0.05) is 33.5 Å². The van der Waals surface area contributed by atoms with Crippen LogP contribution in [0.2, 0.25) is 5.02 Å². The van der Waals surface area contributed by atoms with Crippen molar-refractivity contribution in [2.24, 2.45) is 0 Å². The third-order valence-electron chi connectivity index (χ3n) is 5.32. The molecule has 0 spiro atoms. The first kappa shape index (κ1) is 22.4. The molecule has 0 radical (unpaired) electrons. The Kier molecular flexibility index (Phi) is 6.38. The fourth-order valence-electron chi connectivity index (χ4n) is 3.49. The van der Waals surface area contributed by atoms with Gasteiger partial charge < -0.3 is 5.32 Å². The third-order valence-corrected chi connectivity index (χ3v) is 5.68. The Morgan fingerprint density at radius 3 is 2.36 bits per heavy atom. The lowest BCUT2D eigenvalue weighted by Crippen LogP contribution is -2.17. The molecule has 0 unspecified atom stereocenters. The zero-order valence-electron chi connectivity index (χ0n) is 18.1. The molecule has 0 fully saturated rings. The van der Waals surface area contributed by atoms with Crippen LogP contribution >= 0.6 is 11.6 Å². The largest absolute Gasteiger partial charge is 0.305 e. The number of hydrogen-bond acceptors (Lipinski definition) is 3. The van der Waals surface area contributed by atoms with Crippen molar-refractivity contribution in [2.45, 2.75) is 20.4 Å². The maximum absolute atomic E-state index is 14.2. The lowest BCUT2D eigenvalue weighted by Gasteiger charge is -2.09. The van der Waals surface area contributed by atoms with E-state index in [1.807, 2.05) is 19.1 Å². The van der Waals surface area contributed by atoms with E-state index in [9.17, 15) is 14.0 Å². The predicted molar refractivity (Wildman–Crippen MR) is 126 cm³/mol. The molecule has 7 heteroatoms. The average Bonchev–Trinajstić information content (AvgIpc) is 3.14. The van der Waals surface area contributed by atoms with Crippen LogP contribution in [0.1, 0.15) is 43.1 Å². The molecule has 0 atom stereocenters. The Labute approximate surface area is 195 Å². The van der Waals surface area contributed by atoms with Gasteiger partial charge in [-0.05, 0) is 32.0 Å². The molecule has 0 saturated carbocycles. The number of nitrogens with one attached hydrogen (secondary N) is 1. The van der Waals surface area contributed by atoms with Gasteiger partial charge in [0.25, 0.3) is 5.91 Å².